The fourth-order valence-corrected chi connectivity index (χ4v) is 5.31. The molecule has 6 rings (SSSR count). The largest absolute Gasteiger partial charge is 0.488 e. The van der Waals surface area contributed by atoms with E-state index in [0.29, 0.717) is 25.4 Å². The van der Waals surface area contributed by atoms with Crippen molar-refractivity contribution in [2.45, 2.75) is 18.9 Å². The number of nitrogens with zero attached hydrogens (tertiary/aromatic N) is 1. The molecule has 0 unspecified atom stereocenters. The third kappa shape index (κ3) is 4.47. The number of carbonyl (C=O) groups excluding carboxylic acids is 1. The van der Waals surface area contributed by atoms with Crippen LogP contribution in [0.1, 0.15) is 28.5 Å². The van der Waals surface area contributed by atoms with E-state index in [9.17, 15) is 9.18 Å². The molecule has 0 spiro atoms. The van der Waals surface area contributed by atoms with Crippen molar-refractivity contribution in [3.05, 3.63) is 120 Å². The fraction of sp³-hybridized carbons (Fsp3) is 0.182. The van der Waals surface area contributed by atoms with Gasteiger partial charge in [0, 0.05) is 16.9 Å². The Labute approximate surface area is 226 Å². The Hall–Kier alpha value is -4.42. The molecule has 0 radical (unpaired) electrons. The molecular formula is C33H28FNO4. The lowest BCUT2D eigenvalue weighted by Gasteiger charge is -2.40. The lowest BCUT2D eigenvalue weighted by molar-refractivity contribution is -0.0523. The number of hydrogen-bond donors (Lipinski definition) is 0. The van der Waals surface area contributed by atoms with Gasteiger partial charge in [-0.15, -0.1) is 0 Å². The molecule has 1 fully saturated rings. The van der Waals surface area contributed by atoms with E-state index in [1.807, 2.05) is 54.6 Å². The highest BCUT2D eigenvalue weighted by atomic mass is 19.1. The first kappa shape index (κ1) is 24.9. The number of hydrogen-bond acceptors (Lipinski definition) is 4. The quantitative estimate of drug-likeness (QED) is 0.215. The highest BCUT2D eigenvalue weighted by molar-refractivity contribution is 6.04. The first-order valence-corrected chi connectivity index (χ1v) is 12.9. The van der Waals surface area contributed by atoms with E-state index in [-0.39, 0.29) is 17.2 Å². The topological polar surface area (TPSA) is 49.7 Å². The van der Waals surface area contributed by atoms with Crippen LogP contribution in [0.25, 0.3) is 27.7 Å². The van der Waals surface area contributed by atoms with Gasteiger partial charge in [-0.25, -0.2) is 9.18 Å². The van der Waals surface area contributed by atoms with Crippen molar-refractivity contribution < 1.29 is 23.4 Å². The number of ether oxygens (including phenoxy) is 3. The van der Waals surface area contributed by atoms with Crippen LogP contribution in [0.4, 0.5) is 4.39 Å². The first-order chi connectivity index (χ1) is 19.0. The van der Waals surface area contributed by atoms with Crippen LogP contribution in [-0.4, -0.2) is 30.9 Å². The summed E-state index contributed by atoms with van der Waals surface area (Å²) in [6, 6.07) is 30.0. The Balaban J connectivity index is 1.62. The first-order valence-electron chi connectivity index (χ1n) is 12.9. The summed E-state index contributed by atoms with van der Waals surface area (Å²) < 4.78 is 33.3. The number of esters is 1. The van der Waals surface area contributed by atoms with Crippen LogP contribution >= 0.6 is 0 Å². The molecule has 2 heterocycles. The van der Waals surface area contributed by atoms with Crippen molar-refractivity contribution in [2.75, 3.05) is 20.3 Å². The van der Waals surface area contributed by atoms with Gasteiger partial charge in [0.1, 0.15) is 18.2 Å². The van der Waals surface area contributed by atoms with E-state index in [4.69, 9.17) is 14.2 Å². The minimum absolute atomic E-state index is 0.291. The Morgan fingerprint density at radius 2 is 1.64 bits per heavy atom. The summed E-state index contributed by atoms with van der Waals surface area (Å²) in [6.07, 6.45) is 0. The summed E-state index contributed by atoms with van der Waals surface area (Å²) in [7, 11) is 1.37. The van der Waals surface area contributed by atoms with Gasteiger partial charge in [-0.2, -0.15) is 0 Å². The van der Waals surface area contributed by atoms with Gasteiger partial charge in [0.25, 0.3) is 0 Å². The molecule has 0 N–H and O–H groups in total. The molecule has 0 aliphatic carbocycles. The van der Waals surface area contributed by atoms with Gasteiger partial charge >= 0.3 is 5.97 Å². The maximum atomic E-state index is 14.0. The van der Waals surface area contributed by atoms with Gasteiger partial charge in [0.05, 0.1) is 42.2 Å². The maximum Gasteiger partial charge on any atom is 0.337 e. The smallest absolute Gasteiger partial charge is 0.337 e. The molecule has 5 aromatic rings. The van der Waals surface area contributed by atoms with E-state index in [1.54, 1.807) is 24.3 Å². The summed E-state index contributed by atoms with van der Waals surface area (Å²) in [4.78, 5) is 12.2. The van der Waals surface area contributed by atoms with E-state index >= 15 is 0 Å². The zero-order chi connectivity index (χ0) is 27.0. The van der Waals surface area contributed by atoms with Crippen molar-refractivity contribution in [1.29, 1.82) is 0 Å². The van der Waals surface area contributed by atoms with Crippen LogP contribution in [0.2, 0.25) is 0 Å². The number of aromatic nitrogens is 1. The van der Waals surface area contributed by atoms with Gasteiger partial charge in [0.2, 0.25) is 0 Å². The van der Waals surface area contributed by atoms with Crippen molar-refractivity contribution in [3.63, 3.8) is 0 Å². The van der Waals surface area contributed by atoms with Crippen molar-refractivity contribution in [3.8, 4) is 22.6 Å². The molecule has 0 atom stereocenters. The maximum absolute atomic E-state index is 14.0. The summed E-state index contributed by atoms with van der Waals surface area (Å²) in [5.41, 5.74) is 6.04. The summed E-state index contributed by atoms with van der Waals surface area (Å²) in [5, 5.41) is 0.951. The van der Waals surface area contributed by atoms with Crippen LogP contribution in [0, 0.1) is 5.82 Å². The molecule has 0 saturated carbocycles. The zero-order valence-corrected chi connectivity index (χ0v) is 21.8. The van der Waals surface area contributed by atoms with Crippen LogP contribution in [0.5, 0.6) is 5.75 Å². The van der Waals surface area contributed by atoms with Gasteiger partial charge in [-0.1, -0.05) is 48.5 Å². The highest BCUT2D eigenvalue weighted by Crippen LogP contribution is 2.48. The molecule has 39 heavy (non-hydrogen) atoms. The van der Waals surface area contributed by atoms with Crippen LogP contribution in [-0.2, 0) is 21.5 Å². The van der Waals surface area contributed by atoms with E-state index in [1.165, 1.54) is 19.2 Å². The Bertz CT molecular complexity index is 1640. The predicted molar refractivity (Wildman–Crippen MR) is 149 cm³/mol. The molecular weight excluding hydrogens is 493 g/mol. The van der Waals surface area contributed by atoms with Gasteiger partial charge < -0.3 is 18.8 Å². The molecule has 0 amide bonds. The third-order valence-electron chi connectivity index (χ3n) is 7.29. The second-order valence-corrected chi connectivity index (χ2v) is 10.1. The number of halogens is 1. The summed E-state index contributed by atoms with van der Waals surface area (Å²) in [5.74, 6) is 0.0663. The molecule has 1 saturated heterocycles. The zero-order valence-electron chi connectivity index (χ0n) is 21.8. The summed E-state index contributed by atoms with van der Waals surface area (Å²) in [6.45, 7) is 3.70. The van der Waals surface area contributed by atoms with E-state index < -0.39 is 0 Å². The number of methoxy groups -OCH3 is 1. The second kappa shape index (κ2) is 10.0. The standard InChI is InChI=1S/C33H28FNO4/c1-33(20-38-21-33)31-29(23-11-13-24(14-12-23)32(36)37-2)30-27(35(31)26-17-15-25(34)16-18-26)9-6-10-28(30)39-19-22-7-4-3-5-8-22/h3-18H,19-21H2,1-2H3. The summed E-state index contributed by atoms with van der Waals surface area (Å²) >= 11 is 0. The lowest BCUT2D eigenvalue weighted by Crippen LogP contribution is -2.45. The SMILES string of the molecule is COC(=O)c1ccc(-c2c(C3(C)COC3)n(-c3ccc(F)cc3)c3cccc(OCc4ccccc4)c23)cc1. The van der Waals surface area contributed by atoms with Crippen molar-refractivity contribution in [1.82, 2.24) is 4.57 Å². The minimum Gasteiger partial charge on any atom is -0.488 e. The van der Waals surface area contributed by atoms with E-state index in [2.05, 4.69) is 17.6 Å². The average Bonchev–Trinajstić information content (AvgIpc) is 3.31. The molecule has 4 aromatic carbocycles. The van der Waals surface area contributed by atoms with Crippen LogP contribution in [0.15, 0.2) is 97.1 Å². The third-order valence-corrected chi connectivity index (χ3v) is 7.29. The molecule has 0 bridgehead atoms. The fourth-order valence-electron chi connectivity index (χ4n) is 5.31. The second-order valence-electron chi connectivity index (χ2n) is 10.1. The molecule has 1 aliphatic heterocycles. The molecule has 196 valence electrons. The predicted octanol–water partition coefficient (Wildman–Crippen LogP) is 7.09. The number of benzene rings is 4. The average molecular weight is 522 g/mol. The van der Waals surface area contributed by atoms with Gasteiger partial charge in [0.15, 0.2) is 0 Å². The van der Waals surface area contributed by atoms with E-state index in [0.717, 1.165) is 44.7 Å². The number of rotatable bonds is 7. The number of carbonyl (C=O) groups is 1. The van der Waals surface area contributed by atoms with Crippen LogP contribution < -0.4 is 4.74 Å². The monoisotopic (exact) mass is 521 g/mol. The van der Waals surface area contributed by atoms with Crippen molar-refractivity contribution in [2.24, 2.45) is 0 Å². The molecule has 5 nitrogen and oxygen atoms in total. The Morgan fingerprint density at radius 3 is 2.28 bits per heavy atom. The Kier molecular flexibility index (Phi) is 6.41. The van der Waals surface area contributed by atoms with Crippen LogP contribution in [0.3, 0.4) is 0 Å². The van der Waals surface area contributed by atoms with Crippen molar-refractivity contribution >= 4 is 16.9 Å². The van der Waals surface area contributed by atoms with Gasteiger partial charge in [-0.05, 0) is 66.6 Å². The molecule has 1 aromatic heterocycles. The molecule has 1 aliphatic rings. The minimum atomic E-state index is -0.387. The normalized spacial score (nSPS) is 14.1. The lowest BCUT2D eigenvalue weighted by atomic mass is 9.80. The molecule has 6 heteroatoms. The van der Waals surface area contributed by atoms with Gasteiger partial charge in [-0.3, -0.25) is 0 Å². The number of fused-ring (bicyclic) bond motifs is 1. The highest BCUT2D eigenvalue weighted by Gasteiger charge is 2.42. The Morgan fingerprint density at radius 1 is 0.923 bits per heavy atom.